The Morgan fingerprint density at radius 2 is 1.85 bits per heavy atom. The molecule has 0 fully saturated rings. The molecule has 1 aromatic heterocycles. The van der Waals surface area contributed by atoms with Gasteiger partial charge in [-0.2, -0.15) is 0 Å². The molecule has 0 aliphatic rings. The maximum atomic E-state index is 12.7. The van der Waals surface area contributed by atoms with Crippen LogP contribution in [0.5, 0.6) is 0 Å². The van der Waals surface area contributed by atoms with Gasteiger partial charge in [-0.3, -0.25) is 4.31 Å². The number of nitrogens with zero attached hydrogens (tertiary/aromatic N) is 2. The molecule has 1 heterocycles. The van der Waals surface area contributed by atoms with E-state index in [0.29, 0.717) is 18.1 Å². The van der Waals surface area contributed by atoms with Crippen molar-refractivity contribution in [1.29, 1.82) is 0 Å². The molecule has 0 aliphatic heterocycles. The summed E-state index contributed by atoms with van der Waals surface area (Å²) in [6, 6.07) is 12.1. The highest BCUT2D eigenvalue weighted by Gasteiger charge is 2.24. The van der Waals surface area contributed by atoms with Crippen LogP contribution >= 0.6 is 0 Å². The van der Waals surface area contributed by atoms with Crippen LogP contribution in [-0.4, -0.2) is 27.0 Å². The Kier molecular flexibility index (Phi) is 4.24. The third-order valence-corrected chi connectivity index (χ3v) is 4.69. The van der Waals surface area contributed by atoms with Crippen LogP contribution in [0.2, 0.25) is 0 Å². The third-order valence-electron chi connectivity index (χ3n) is 2.87. The predicted molar refractivity (Wildman–Crippen MR) is 80.4 cm³/mol. The molecule has 0 saturated heterocycles. The van der Waals surface area contributed by atoms with E-state index in [0.717, 1.165) is 0 Å². The topological polar surface area (TPSA) is 62.3 Å². The van der Waals surface area contributed by atoms with E-state index in [-0.39, 0.29) is 4.90 Å². The molecule has 2 rings (SSSR count). The van der Waals surface area contributed by atoms with Gasteiger partial charge in [0.15, 0.2) is 0 Å². The van der Waals surface area contributed by atoms with Crippen molar-refractivity contribution >= 4 is 21.5 Å². The van der Waals surface area contributed by atoms with Crippen molar-refractivity contribution in [2.45, 2.75) is 11.8 Å². The fourth-order valence-corrected chi connectivity index (χ4v) is 3.14. The van der Waals surface area contributed by atoms with E-state index in [9.17, 15) is 8.42 Å². The van der Waals surface area contributed by atoms with E-state index in [1.807, 2.05) is 13.0 Å². The smallest absolute Gasteiger partial charge is 0.267 e. The van der Waals surface area contributed by atoms with E-state index in [1.54, 1.807) is 42.6 Å². The van der Waals surface area contributed by atoms with E-state index in [4.69, 9.17) is 0 Å². The fourth-order valence-electron chi connectivity index (χ4n) is 1.82. The Labute approximate surface area is 119 Å². The molecule has 5 nitrogen and oxygen atoms in total. The van der Waals surface area contributed by atoms with Crippen LogP contribution in [0.15, 0.2) is 53.6 Å². The molecule has 1 aromatic carbocycles. The quantitative estimate of drug-likeness (QED) is 0.918. The Morgan fingerprint density at radius 3 is 2.50 bits per heavy atom. The van der Waals surface area contributed by atoms with Crippen molar-refractivity contribution in [3.63, 3.8) is 0 Å². The summed E-state index contributed by atoms with van der Waals surface area (Å²) in [4.78, 5) is 4.27. The highest BCUT2D eigenvalue weighted by atomic mass is 32.2. The number of pyridine rings is 1. The number of benzene rings is 1. The van der Waals surface area contributed by atoms with Gasteiger partial charge < -0.3 is 5.32 Å². The summed E-state index contributed by atoms with van der Waals surface area (Å²) in [5.74, 6) is 0.373. The molecular weight excluding hydrogens is 274 g/mol. The minimum atomic E-state index is -3.64. The van der Waals surface area contributed by atoms with Crippen LogP contribution in [0.3, 0.4) is 0 Å². The average molecular weight is 291 g/mol. The van der Waals surface area contributed by atoms with E-state index < -0.39 is 10.0 Å². The van der Waals surface area contributed by atoms with Gasteiger partial charge in [0.25, 0.3) is 10.0 Å². The van der Waals surface area contributed by atoms with Gasteiger partial charge in [0.2, 0.25) is 0 Å². The number of hydrogen-bond acceptors (Lipinski definition) is 4. The molecule has 0 saturated carbocycles. The number of para-hydroxylation sites is 1. The van der Waals surface area contributed by atoms with Crippen molar-refractivity contribution in [2.75, 3.05) is 23.2 Å². The van der Waals surface area contributed by atoms with Crippen LogP contribution in [0.25, 0.3) is 0 Å². The zero-order chi connectivity index (χ0) is 14.6. The minimum absolute atomic E-state index is 0.174. The van der Waals surface area contributed by atoms with Gasteiger partial charge in [-0.1, -0.05) is 18.2 Å². The first-order chi connectivity index (χ1) is 9.57. The first kappa shape index (κ1) is 14.3. The van der Waals surface area contributed by atoms with Gasteiger partial charge in [0.05, 0.1) is 5.69 Å². The number of hydrogen-bond donors (Lipinski definition) is 1. The van der Waals surface area contributed by atoms with Gasteiger partial charge >= 0.3 is 0 Å². The lowest BCUT2D eigenvalue weighted by atomic mass is 10.3. The minimum Gasteiger partial charge on any atom is -0.369 e. The van der Waals surface area contributed by atoms with Crippen molar-refractivity contribution in [3.05, 3.63) is 48.7 Å². The zero-order valence-electron chi connectivity index (χ0n) is 11.4. The van der Waals surface area contributed by atoms with Crippen molar-refractivity contribution in [1.82, 2.24) is 4.98 Å². The number of nitrogens with one attached hydrogen (secondary N) is 1. The molecule has 0 unspecified atom stereocenters. The molecule has 20 heavy (non-hydrogen) atoms. The second-order valence-electron chi connectivity index (χ2n) is 4.19. The molecular formula is C14H17N3O2S. The molecule has 106 valence electrons. The Hall–Kier alpha value is -2.08. The maximum Gasteiger partial charge on any atom is 0.267 e. The molecule has 0 bridgehead atoms. The lowest BCUT2D eigenvalue weighted by molar-refractivity contribution is 0.594. The lowest BCUT2D eigenvalue weighted by Crippen LogP contribution is -2.27. The number of sulfonamides is 1. The summed E-state index contributed by atoms with van der Waals surface area (Å²) in [6.07, 6.45) is 1.57. The van der Waals surface area contributed by atoms with Crippen molar-refractivity contribution < 1.29 is 8.42 Å². The molecule has 0 spiro atoms. The SMILES string of the molecule is CCNc1ncccc1S(=O)(=O)N(C)c1ccccc1. The first-order valence-corrected chi connectivity index (χ1v) is 7.74. The van der Waals surface area contributed by atoms with Gasteiger partial charge in [0, 0.05) is 19.8 Å². The second-order valence-corrected chi connectivity index (χ2v) is 6.13. The Balaban J connectivity index is 2.45. The van der Waals surface area contributed by atoms with E-state index in [2.05, 4.69) is 10.3 Å². The van der Waals surface area contributed by atoms with Crippen LogP contribution in [0.1, 0.15) is 6.92 Å². The summed E-state index contributed by atoms with van der Waals surface area (Å²) < 4.78 is 26.6. The zero-order valence-corrected chi connectivity index (χ0v) is 12.3. The third kappa shape index (κ3) is 2.75. The number of aromatic nitrogens is 1. The van der Waals surface area contributed by atoms with Crippen molar-refractivity contribution in [2.24, 2.45) is 0 Å². The first-order valence-electron chi connectivity index (χ1n) is 6.30. The van der Waals surface area contributed by atoms with Crippen LogP contribution in [0, 0.1) is 0 Å². The second kappa shape index (κ2) is 5.92. The highest BCUT2D eigenvalue weighted by molar-refractivity contribution is 7.93. The molecule has 0 atom stereocenters. The molecule has 0 aliphatic carbocycles. The number of rotatable bonds is 5. The van der Waals surface area contributed by atoms with Crippen LogP contribution in [-0.2, 0) is 10.0 Å². The molecule has 0 amide bonds. The van der Waals surface area contributed by atoms with Crippen molar-refractivity contribution in [3.8, 4) is 0 Å². The van der Waals surface area contributed by atoms with Gasteiger partial charge in [0.1, 0.15) is 10.7 Å². The molecule has 6 heteroatoms. The summed E-state index contributed by atoms with van der Waals surface area (Å²) in [6.45, 7) is 2.50. The summed E-state index contributed by atoms with van der Waals surface area (Å²) in [7, 11) is -2.10. The maximum absolute atomic E-state index is 12.7. The highest BCUT2D eigenvalue weighted by Crippen LogP contribution is 2.25. The largest absolute Gasteiger partial charge is 0.369 e. The summed E-state index contributed by atoms with van der Waals surface area (Å²) in [5, 5.41) is 2.97. The molecule has 1 N–H and O–H groups in total. The van der Waals surface area contributed by atoms with Crippen LogP contribution < -0.4 is 9.62 Å². The predicted octanol–water partition coefficient (Wildman–Crippen LogP) is 2.34. The van der Waals surface area contributed by atoms with E-state index in [1.165, 1.54) is 11.4 Å². The van der Waals surface area contributed by atoms with E-state index >= 15 is 0 Å². The Morgan fingerprint density at radius 1 is 1.15 bits per heavy atom. The summed E-state index contributed by atoms with van der Waals surface area (Å²) in [5.41, 5.74) is 0.610. The fraction of sp³-hybridized carbons (Fsp3) is 0.214. The average Bonchev–Trinajstić information content (AvgIpc) is 2.48. The molecule has 2 aromatic rings. The summed E-state index contributed by atoms with van der Waals surface area (Å²) >= 11 is 0. The monoisotopic (exact) mass is 291 g/mol. The normalized spacial score (nSPS) is 11.1. The van der Waals surface area contributed by atoms with Crippen LogP contribution in [0.4, 0.5) is 11.5 Å². The Bertz CT molecular complexity index is 672. The standard InChI is InChI=1S/C14H17N3O2S/c1-3-15-14-13(10-7-11-16-14)20(18,19)17(2)12-8-5-4-6-9-12/h4-11H,3H2,1-2H3,(H,15,16). The number of anilines is 2. The van der Waals surface area contributed by atoms with Gasteiger partial charge in [-0.25, -0.2) is 13.4 Å². The van der Waals surface area contributed by atoms with Gasteiger partial charge in [-0.15, -0.1) is 0 Å². The van der Waals surface area contributed by atoms with Gasteiger partial charge in [-0.05, 0) is 31.2 Å². The molecule has 0 radical (unpaired) electrons. The lowest BCUT2D eigenvalue weighted by Gasteiger charge is -2.20.